The first kappa shape index (κ1) is 12.9. The topological polar surface area (TPSA) is 53.1 Å². The number of hydrogen-bond donors (Lipinski definition) is 2. The van der Waals surface area contributed by atoms with Gasteiger partial charge in [0, 0.05) is 17.6 Å². The smallest absolute Gasteiger partial charge is 0.147 e. The van der Waals surface area contributed by atoms with Gasteiger partial charge >= 0.3 is 0 Å². The Morgan fingerprint density at radius 2 is 2.22 bits per heavy atom. The van der Waals surface area contributed by atoms with Gasteiger partial charge < -0.3 is 10.6 Å². The Morgan fingerprint density at radius 3 is 2.78 bits per heavy atom. The summed E-state index contributed by atoms with van der Waals surface area (Å²) in [5.41, 5.74) is 6.45. The number of nitrogens with one attached hydrogen (secondary N) is 1. The van der Waals surface area contributed by atoms with E-state index in [1.165, 1.54) is 6.07 Å². The molecular weight excluding hydrogens is 229 g/mol. The number of nitrogens with two attached hydrogens (primary N) is 1. The van der Waals surface area contributed by atoms with Crippen molar-refractivity contribution in [3.8, 4) is 0 Å². The maximum atomic E-state index is 14.2. The number of halogens is 1. The number of benzene rings is 1. The number of nitrogens with zero attached hydrogens (tertiary/aromatic N) is 1. The van der Waals surface area contributed by atoms with Crippen LogP contribution in [0.2, 0.25) is 0 Å². The highest BCUT2D eigenvalue weighted by Gasteiger charge is 2.31. The fourth-order valence-corrected chi connectivity index (χ4v) is 2.79. The van der Waals surface area contributed by atoms with Crippen molar-refractivity contribution in [2.24, 2.45) is 5.73 Å². The van der Waals surface area contributed by atoms with Crippen molar-refractivity contribution in [2.75, 3.05) is 4.90 Å². The van der Waals surface area contributed by atoms with Gasteiger partial charge in [0.15, 0.2) is 0 Å². The lowest BCUT2D eigenvalue weighted by Gasteiger charge is -2.30. The predicted octanol–water partition coefficient (Wildman–Crippen LogP) is 2.88. The van der Waals surface area contributed by atoms with Gasteiger partial charge in [0.25, 0.3) is 0 Å². The number of amidine groups is 1. The molecule has 1 aliphatic heterocycles. The van der Waals surface area contributed by atoms with Crippen LogP contribution in [0.4, 0.5) is 10.1 Å². The highest BCUT2D eigenvalue weighted by Crippen LogP contribution is 2.33. The Bertz CT molecular complexity index is 458. The molecule has 2 unspecified atom stereocenters. The van der Waals surface area contributed by atoms with E-state index >= 15 is 0 Å². The van der Waals surface area contributed by atoms with E-state index in [9.17, 15) is 4.39 Å². The normalized spacial score (nSPS) is 23.4. The van der Waals surface area contributed by atoms with E-state index in [-0.39, 0.29) is 11.7 Å². The Labute approximate surface area is 107 Å². The van der Waals surface area contributed by atoms with Crippen LogP contribution in [-0.2, 0) is 0 Å². The average molecular weight is 249 g/mol. The zero-order chi connectivity index (χ0) is 13.3. The van der Waals surface area contributed by atoms with Gasteiger partial charge in [0.2, 0.25) is 0 Å². The van der Waals surface area contributed by atoms with Crippen LogP contribution in [0.25, 0.3) is 0 Å². The lowest BCUT2D eigenvalue weighted by atomic mass is 10.1. The molecule has 1 aliphatic rings. The summed E-state index contributed by atoms with van der Waals surface area (Å²) in [7, 11) is 0. The minimum absolute atomic E-state index is 0.0954. The van der Waals surface area contributed by atoms with Crippen LogP contribution in [0.1, 0.15) is 38.7 Å². The number of nitrogen functional groups attached to an aromatic ring is 1. The molecule has 1 aromatic carbocycles. The second-order valence-corrected chi connectivity index (χ2v) is 4.98. The molecule has 0 bridgehead atoms. The van der Waals surface area contributed by atoms with Gasteiger partial charge in [0.1, 0.15) is 11.7 Å². The second kappa shape index (κ2) is 4.96. The van der Waals surface area contributed by atoms with E-state index in [1.54, 1.807) is 12.1 Å². The van der Waals surface area contributed by atoms with E-state index in [4.69, 9.17) is 11.1 Å². The molecule has 3 N–H and O–H groups in total. The molecule has 3 nitrogen and oxygen atoms in total. The van der Waals surface area contributed by atoms with Gasteiger partial charge in [-0.25, -0.2) is 4.39 Å². The minimum atomic E-state index is -0.282. The summed E-state index contributed by atoms with van der Waals surface area (Å²) in [6.45, 7) is 4.27. The molecule has 2 rings (SSSR count). The molecule has 4 heteroatoms. The third kappa shape index (κ3) is 2.19. The van der Waals surface area contributed by atoms with Crippen molar-refractivity contribution in [1.29, 1.82) is 5.41 Å². The van der Waals surface area contributed by atoms with Gasteiger partial charge in [-0.05, 0) is 44.4 Å². The molecule has 1 fully saturated rings. The van der Waals surface area contributed by atoms with E-state index in [0.29, 0.717) is 23.3 Å². The van der Waals surface area contributed by atoms with Crippen molar-refractivity contribution >= 4 is 11.5 Å². The van der Waals surface area contributed by atoms with Crippen molar-refractivity contribution in [3.63, 3.8) is 0 Å². The van der Waals surface area contributed by atoms with Crippen molar-refractivity contribution in [2.45, 2.75) is 45.2 Å². The number of anilines is 1. The number of hydrogen-bond acceptors (Lipinski definition) is 2. The molecular formula is C14H20FN3. The average Bonchev–Trinajstić information content (AvgIpc) is 2.70. The molecule has 0 amide bonds. The summed E-state index contributed by atoms with van der Waals surface area (Å²) in [5.74, 6) is -0.378. The van der Waals surface area contributed by atoms with E-state index in [1.807, 2.05) is 0 Å². The van der Waals surface area contributed by atoms with Gasteiger partial charge in [0.05, 0.1) is 5.69 Å². The molecule has 2 atom stereocenters. The van der Waals surface area contributed by atoms with E-state index in [2.05, 4.69) is 18.7 Å². The third-order valence-electron chi connectivity index (χ3n) is 3.79. The Kier molecular flexibility index (Phi) is 3.55. The van der Waals surface area contributed by atoms with Gasteiger partial charge in [-0.3, -0.25) is 5.41 Å². The van der Waals surface area contributed by atoms with E-state index < -0.39 is 0 Å². The van der Waals surface area contributed by atoms with E-state index in [0.717, 1.165) is 19.3 Å². The van der Waals surface area contributed by atoms with Crippen molar-refractivity contribution in [3.05, 3.63) is 29.6 Å². The zero-order valence-electron chi connectivity index (χ0n) is 10.9. The third-order valence-corrected chi connectivity index (χ3v) is 3.79. The summed E-state index contributed by atoms with van der Waals surface area (Å²) >= 11 is 0. The molecule has 18 heavy (non-hydrogen) atoms. The predicted molar refractivity (Wildman–Crippen MR) is 72.7 cm³/mol. The van der Waals surface area contributed by atoms with Gasteiger partial charge in [-0.1, -0.05) is 6.92 Å². The van der Waals surface area contributed by atoms with Crippen LogP contribution < -0.4 is 10.6 Å². The standard InChI is InChI=1S/C14H20FN3/c1-3-11-6-4-9(2)18(11)13-7-5-10(14(16)17)8-12(13)15/h5,7-9,11H,3-4,6H2,1-2H3,(H3,16,17). The van der Waals surface area contributed by atoms with Gasteiger partial charge in [-0.2, -0.15) is 0 Å². The van der Waals surface area contributed by atoms with Crippen molar-refractivity contribution in [1.82, 2.24) is 0 Å². The fourth-order valence-electron chi connectivity index (χ4n) is 2.79. The lowest BCUT2D eigenvalue weighted by Crippen LogP contribution is -2.34. The summed E-state index contributed by atoms with van der Waals surface area (Å²) in [4.78, 5) is 2.17. The van der Waals surface area contributed by atoms with Crippen LogP contribution in [0.5, 0.6) is 0 Å². The molecule has 0 aliphatic carbocycles. The highest BCUT2D eigenvalue weighted by atomic mass is 19.1. The maximum absolute atomic E-state index is 14.2. The molecule has 0 spiro atoms. The molecule has 0 aromatic heterocycles. The molecule has 1 heterocycles. The van der Waals surface area contributed by atoms with Crippen LogP contribution in [0.15, 0.2) is 18.2 Å². The largest absolute Gasteiger partial charge is 0.384 e. The van der Waals surface area contributed by atoms with Crippen LogP contribution in [-0.4, -0.2) is 17.9 Å². The van der Waals surface area contributed by atoms with Crippen molar-refractivity contribution < 1.29 is 4.39 Å². The quantitative estimate of drug-likeness (QED) is 0.639. The van der Waals surface area contributed by atoms with Crippen LogP contribution >= 0.6 is 0 Å². The Hall–Kier alpha value is -1.58. The Morgan fingerprint density at radius 1 is 1.50 bits per heavy atom. The zero-order valence-corrected chi connectivity index (χ0v) is 10.9. The molecule has 0 radical (unpaired) electrons. The fraction of sp³-hybridized carbons (Fsp3) is 0.500. The molecule has 98 valence electrons. The number of rotatable bonds is 3. The second-order valence-electron chi connectivity index (χ2n) is 4.98. The van der Waals surface area contributed by atoms with Crippen LogP contribution in [0.3, 0.4) is 0 Å². The Balaban J connectivity index is 2.35. The maximum Gasteiger partial charge on any atom is 0.147 e. The lowest BCUT2D eigenvalue weighted by molar-refractivity contribution is 0.582. The van der Waals surface area contributed by atoms with Crippen LogP contribution in [0, 0.1) is 11.2 Å². The molecule has 1 aromatic rings. The molecule has 1 saturated heterocycles. The molecule has 0 saturated carbocycles. The minimum Gasteiger partial charge on any atom is -0.384 e. The SMILES string of the molecule is CCC1CCC(C)N1c1ccc(C(=N)N)cc1F. The summed E-state index contributed by atoms with van der Waals surface area (Å²) in [6, 6.07) is 5.61. The van der Waals surface area contributed by atoms with Gasteiger partial charge in [-0.15, -0.1) is 0 Å². The first-order chi connectivity index (χ1) is 8.54. The first-order valence-electron chi connectivity index (χ1n) is 6.46. The monoisotopic (exact) mass is 249 g/mol. The first-order valence-corrected chi connectivity index (χ1v) is 6.46. The summed E-state index contributed by atoms with van der Waals surface area (Å²) in [5, 5.41) is 7.32. The highest BCUT2D eigenvalue weighted by molar-refractivity contribution is 5.95. The summed E-state index contributed by atoms with van der Waals surface area (Å²) in [6.07, 6.45) is 3.25. The summed E-state index contributed by atoms with van der Waals surface area (Å²) < 4.78 is 14.2.